The Kier molecular flexibility index (Phi) is 6.51. The predicted molar refractivity (Wildman–Crippen MR) is 149 cm³/mol. The smallest absolute Gasteiger partial charge is 0.192 e. The molecule has 190 valence electrons. The molecule has 1 aliphatic rings. The first-order chi connectivity index (χ1) is 17.1. The highest BCUT2D eigenvalue weighted by Crippen LogP contribution is 2.39. The van der Waals surface area contributed by atoms with Crippen molar-refractivity contribution < 1.29 is 4.43 Å². The second-order valence-corrected chi connectivity index (χ2v) is 16.3. The van der Waals surface area contributed by atoms with Crippen LogP contribution in [0, 0.1) is 0 Å². The van der Waals surface area contributed by atoms with Gasteiger partial charge in [-0.1, -0.05) is 39.0 Å². The van der Waals surface area contributed by atoms with E-state index in [2.05, 4.69) is 62.5 Å². The summed E-state index contributed by atoms with van der Waals surface area (Å²) < 4.78 is 10.5. The molecule has 5 rings (SSSR count). The minimum Gasteiger partial charge on any atom is -0.414 e. The minimum absolute atomic E-state index is 0.248. The van der Waals surface area contributed by atoms with Gasteiger partial charge in [0.1, 0.15) is 11.5 Å². The van der Waals surface area contributed by atoms with Crippen molar-refractivity contribution in [2.75, 3.05) is 5.32 Å². The second kappa shape index (κ2) is 9.48. The van der Waals surface area contributed by atoms with E-state index in [1.165, 1.54) is 0 Å². The van der Waals surface area contributed by atoms with Crippen molar-refractivity contribution in [2.24, 2.45) is 7.05 Å². The van der Waals surface area contributed by atoms with Gasteiger partial charge in [0.25, 0.3) is 0 Å². The summed E-state index contributed by atoms with van der Waals surface area (Å²) in [6.45, 7) is 11.6. The van der Waals surface area contributed by atoms with E-state index < -0.39 is 8.32 Å². The second-order valence-electron chi connectivity index (χ2n) is 11.6. The van der Waals surface area contributed by atoms with Gasteiger partial charge < -0.3 is 9.74 Å². The van der Waals surface area contributed by atoms with Crippen LogP contribution < -0.4 is 5.32 Å². The zero-order valence-corrected chi connectivity index (χ0v) is 23.3. The van der Waals surface area contributed by atoms with Gasteiger partial charge in [-0.3, -0.25) is 4.68 Å². The van der Waals surface area contributed by atoms with E-state index in [0.29, 0.717) is 12.1 Å². The summed E-state index contributed by atoms with van der Waals surface area (Å²) in [5.74, 6) is 0.895. The van der Waals surface area contributed by atoms with Gasteiger partial charge in [0.15, 0.2) is 8.32 Å². The molecular formula is C28H38N6OSi. The Hall–Kier alpha value is -2.97. The van der Waals surface area contributed by atoms with Crippen molar-refractivity contribution in [1.82, 2.24) is 24.5 Å². The topological polar surface area (TPSA) is 69.8 Å². The fraction of sp³-hybridized carbons (Fsp3) is 0.464. The third kappa shape index (κ3) is 4.97. The van der Waals surface area contributed by atoms with Crippen LogP contribution in [0.15, 0.2) is 55.0 Å². The van der Waals surface area contributed by atoms with Gasteiger partial charge in [0.05, 0.1) is 17.4 Å². The SMILES string of the molecule is Cn1cc(-c2nn(-c3ccccc3)c3cc(NC4CCC(O[Si](C)(C)C(C)(C)C)CC4)ncc23)cn1. The number of hydrogen-bond donors (Lipinski definition) is 1. The largest absolute Gasteiger partial charge is 0.414 e. The van der Waals surface area contributed by atoms with E-state index in [1.54, 1.807) is 4.68 Å². The number of benzene rings is 1. The van der Waals surface area contributed by atoms with Crippen molar-refractivity contribution in [3.05, 3.63) is 55.0 Å². The number of para-hydroxylation sites is 1. The molecule has 0 unspecified atom stereocenters. The molecule has 1 saturated carbocycles. The summed E-state index contributed by atoms with van der Waals surface area (Å²) >= 11 is 0. The number of hydrogen-bond acceptors (Lipinski definition) is 5. The zero-order valence-electron chi connectivity index (χ0n) is 22.3. The van der Waals surface area contributed by atoms with Gasteiger partial charge in [-0.15, -0.1) is 0 Å². The minimum atomic E-state index is -1.73. The maximum atomic E-state index is 6.69. The summed E-state index contributed by atoms with van der Waals surface area (Å²) in [5.41, 5.74) is 3.94. The number of aryl methyl sites for hydroxylation is 1. The van der Waals surface area contributed by atoms with Crippen LogP contribution >= 0.6 is 0 Å². The molecule has 0 amide bonds. The molecule has 8 heteroatoms. The fourth-order valence-corrected chi connectivity index (χ4v) is 6.16. The molecule has 0 bridgehead atoms. The molecule has 0 aliphatic heterocycles. The van der Waals surface area contributed by atoms with Crippen LogP contribution in [0.25, 0.3) is 27.8 Å². The summed E-state index contributed by atoms with van der Waals surface area (Å²) in [6.07, 6.45) is 10.6. The molecule has 36 heavy (non-hydrogen) atoms. The molecule has 0 saturated heterocycles. The molecule has 1 aromatic carbocycles. The van der Waals surface area contributed by atoms with Crippen LogP contribution in [-0.2, 0) is 11.5 Å². The van der Waals surface area contributed by atoms with Crippen molar-refractivity contribution in [3.8, 4) is 16.9 Å². The standard InChI is InChI=1S/C28H38N6OSi/c1-28(2,3)36(5,6)35-23-14-12-21(13-15-23)31-26-16-25-24(18-29-26)27(20-17-30-33(4)19-20)32-34(25)22-10-8-7-9-11-22/h7-11,16-19,21,23H,12-15H2,1-6H3,(H,29,31). The van der Waals surface area contributed by atoms with Gasteiger partial charge in [-0.2, -0.15) is 10.2 Å². The monoisotopic (exact) mass is 502 g/mol. The number of pyridine rings is 1. The average molecular weight is 503 g/mol. The molecule has 0 spiro atoms. The third-order valence-corrected chi connectivity index (χ3v) is 12.4. The Morgan fingerprint density at radius 2 is 1.75 bits per heavy atom. The molecule has 0 radical (unpaired) electrons. The van der Waals surface area contributed by atoms with Gasteiger partial charge in [-0.25, -0.2) is 9.67 Å². The maximum Gasteiger partial charge on any atom is 0.192 e. The molecule has 3 heterocycles. The molecule has 7 nitrogen and oxygen atoms in total. The lowest BCUT2D eigenvalue weighted by Gasteiger charge is -2.41. The lowest BCUT2D eigenvalue weighted by atomic mass is 9.93. The Balaban J connectivity index is 1.36. The Morgan fingerprint density at radius 3 is 2.39 bits per heavy atom. The quantitative estimate of drug-likeness (QED) is 0.302. The molecule has 1 aliphatic carbocycles. The van der Waals surface area contributed by atoms with Crippen LogP contribution in [0.1, 0.15) is 46.5 Å². The van der Waals surface area contributed by atoms with Crippen molar-refractivity contribution in [1.29, 1.82) is 0 Å². The van der Waals surface area contributed by atoms with Crippen LogP contribution in [0.3, 0.4) is 0 Å². The third-order valence-electron chi connectivity index (χ3n) is 7.84. The van der Waals surface area contributed by atoms with Crippen LogP contribution in [0.5, 0.6) is 0 Å². The fourth-order valence-electron chi connectivity index (χ4n) is 4.74. The highest BCUT2D eigenvalue weighted by Gasteiger charge is 2.39. The first-order valence-electron chi connectivity index (χ1n) is 13.0. The summed E-state index contributed by atoms with van der Waals surface area (Å²) in [5, 5.41) is 14.3. The molecule has 0 atom stereocenters. The van der Waals surface area contributed by atoms with E-state index >= 15 is 0 Å². The van der Waals surface area contributed by atoms with Gasteiger partial charge >= 0.3 is 0 Å². The number of nitrogens with one attached hydrogen (secondary N) is 1. The molecule has 1 fully saturated rings. The van der Waals surface area contributed by atoms with Crippen LogP contribution in [0.2, 0.25) is 18.1 Å². The molecule has 3 aromatic heterocycles. The van der Waals surface area contributed by atoms with Crippen molar-refractivity contribution in [3.63, 3.8) is 0 Å². The molecular weight excluding hydrogens is 464 g/mol. The zero-order chi connectivity index (χ0) is 25.5. The highest BCUT2D eigenvalue weighted by atomic mass is 28.4. The molecule has 1 N–H and O–H groups in total. The first kappa shape index (κ1) is 24.7. The summed E-state index contributed by atoms with van der Waals surface area (Å²) in [7, 11) is 0.193. The van der Waals surface area contributed by atoms with E-state index in [0.717, 1.165) is 59.3 Å². The predicted octanol–water partition coefficient (Wildman–Crippen LogP) is 6.57. The average Bonchev–Trinajstić information content (AvgIpc) is 3.43. The number of fused-ring (bicyclic) bond motifs is 1. The van der Waals surface area contributed by atoms with Gasteiger partial charge in [0.2, 0.25) is 0 Å². The number of anilines is 1. The van der Waals surface area contributed by atoms with E-state index in [1.807, 2.05) is 48.5 Å². The Labute approximate surface area is 215 Å². The normalized spacial score (nSPS) is 19.1. The van der Waals surface area contributed by atoms with Crippen molar-refractivity contribution in [2.45, 2.75) is 76.7 Å². The lowest BCUT2D eigenvalue weighted by Crippen LogP contribution is -2.45. The first-order valence-corrected chi connectivity index (χ1v) is 15.9. The van der Waals surface area contributed by atoms with E-state index in [4.69, 9.17) is 14.5 Å². The highest BCUT2D eigenvalue weighted by molar-refractivity contribution is 6.74. The van der Waals surface area contributed by atoms with Gasteiger partial charge in [0, 0.05) is 48.6 Å². The summed E-state index contributed by atoms with van der Waals surface area (Å²) in [6, 6.07) is 12.8. The van der Waals surface area contributed by atoms with E-state index in [9.17, 15) is 0 Å². The maximum absolute atomic E-state index is 6.69. The number of nitrogens with zero attached hydrogens (tertiary/aromatic N) is 5. The van der Waals surface area contributed by atoms with Crippen molar-refractivity contribution >= 4 is 25.0 Å². The van der Waals surface area contributed by atoms with E-state index in [-0.39, 0.29) is 5.04 Å². The molecule has 4 aromatic rings. The van der Waals surface area contributed by atoms with Gasteiger partial charge in [-0.05, 0) is 55.9 Å². The lowest BCUT2D eigenvalue weighted by molar-refractivity contribution is 0.133. The number of rotatable bonds is 6. The van der Waals surface area contributed by atoms with Crippen LogP contribution in [-0.4, -0.2) is 45.0 Å². The Bertz CT molecular complexity index is 1330. The van der Waals surface area contributed by atoms with Crippen LogP contribution in [0.4, 0.5) is 5.82 Å². The number of aromatic nitrogens is 5. The summed E-state index contributed by atoms with van der Waals surface area (Å²) in [4.78, 5) is 4.80. The Morgan fingerprint density at radius 1 is 1.03 bits per heavy atom.